The fourth-order valence-corrected chi connectivity index (χ4v) is 2.13. The number of nitrogen functional groups attached to an aromatic ring is 1. The summed E-state index contributed by atoms with van der Waals surface area (Å²) < 4.78 is 5.54. The number of hydrogen-bond donors (Lipinski definition) is 2. The molecule has 0 bridgehead atoms. The minimum atomic E-state index is -1.04. The Morgan fingerprint density at radius 3 is 3.11 bits per heavy atom. The van der Waals surface area contributed by atoms with E-state index < -0.39 is 5.97 Å². The zero-order valence-corrected chi connectivity index (χ0v) is 10.3. The lowest BCUT2D eigenvalue weighted by Crippen LogP contribution is -2.30. The summed E-state index contributed by atoms with van der Waals surface area (Å²) in [6, 6.07) is 1.40. The van der Waals surface area contributed by atoms with Crippen LogP contribution in [-0.4, -0.2) is 42.4 Å². The molecule has 2 heterocycles. The number of carboxylic acids is 1. The normalized spacial score (nSPS) is 18.8. The molecule has 1 aliphatic heterocycles. The minimum absolute atomic E-state index is 0.0826. The zero-order chi connectivity index (χ0) is 13.1. The molecule has 1 unspecified atom stereocenters. The first-order chi connectivity index (χ1) is 8.59. The van der Waals surface area contributed by atoms with E-state index in [-0.39, 0.29) is 17.4 Å². The number of pyridine rings is 1. The van der Waals surface area contributed by atoms with Crippen LogP contribution in [0.1, 0.15) is 23.2 Å². The number of carbonyl (C=O) groups is 1. The standard InChI is InChI=1S/C12H17N3O3/c1-15(7-8-3-2-6-18-8)11-10(13)9(12(16)17)4-5-14-11/h4-5,8H,2-3,6-7,13H2,1H3,(H,16,17). The molecule has 98 valence electrons. The second-order valence-electron chi connectivity index (χ2n) is 4.42. The maximum atomic E-state index is 11.0. The van der Waals surface area contributed by atoms with Gasteiger partial charge in [-0.2, -0.15) is 0 Å². The molecule has 6 heteroatoms. The molecule has 6 nitrogen and oxygen atoms in total. The van der Waals surface area contributed by atoms with Crippen molar-refractivity contribution < 1.29 is 14.6 Å². The van der Waals surface area contributed by atoms with Gasteiger partial charge in [-0.15, -0.1) is 0 Å². The molecule has 1 aromatic heterocycles. The molecule has 0 aromatic carbocycles. The second-order valence-corrected chi connectivity index (χ2v) is 4.42. The number of ether oxygens (including phenoxy) is 1. The van der Waals surface area contributed by atoms with Crippen molar-refractivity contribution in [3.63, 3.8) is 0 Å². The van der Waals surface area contributed by atoms with Gasteiger partial charge in [0.1, 0.15) is 0 Å². The molecular weight excluding hydrogens is 234 g/mol. The molecular formula is C12H17N3O3. The summed E-state index contributed by atoms with van der Waals surface area (Å²) >= 11 is 0. The first kappa shape index (κ1) is 12.6. The van der Waals surface area contributed by atoms with Crippen LogP contribution in [0.15, 0.2) is 12.3 Å². The van der Waals surface area contributed by atoms with Crippen LogP contribution < -0.4 is 10.6 Å². The number of nitrogens with zero attached hydrogens (tertiary/aromatic N) is 2. The molecule has 2 rings (SSSR count). The van der Waals surface area contributed by atoms with Gasteiger partial charge in [0.2, 0.25) is 0 Å². The number of nitrogens with two attached hydrogens (primary N) is 1. The van der Waals surface area contributed by atoms with Crippen molar-refractivity contribution in [1.29, 1.82) is 0 Å². The minimum Gasteiger partial charge on any atom is -0.478 e. The largest absolute Gasteiger partial charge is 0.478 e. The van der Waals surface area contributed by atoms with Gasteiger partial charge < -0.3 is 20.5 Å². The third-order valence-corrected chi connectivity index (χ3v) is 3.06. The zero-order valence-electron chi connectivity index (χ0n) is 10.3. The van der Waals surface area contributed by atoms with E-state index in [1.165, 1.54) is 12.3 Å². The van der Waals surface area contributed by atoms with Gasteiger partial charge in [0, 0.05) is 26.4 Å². The highest BCUT2D eigenvalue weighted by molar-refractivity contribution is 5.96. The molecule has 1 aliphatic rings. The molecule has 0 amide bonds. The molecule has 1 atom stereocenters. The molecule has 18 heavy (non-hydrogen) atoms. The summed E-state index contributed by atoms with van der Waals surface area (Å²) in [5, 5.41) is 9.01. The van der Waals surface area contributed by atoms with E-state index in [1.54, 1.807) is 0 Å². The summed E-state index contributed by atoms with van der Waals surface area (Å²) in [4.78, 5) is 17.0. The highest BCUT2D eigenvalue weighted by atomic mass is 16.5. The highest BCUT2D eigenvalue weighted by Gasteiger charge is 2.20. The Balaban J connectivity index is 2.16. The number of anilines is 2. The topological polar surface area (TPSA) is 88.7 Å². The number of hydrogen-bond acceptors (Lipinski definition) is 5. The quantitative estimate of drug-likeness (QED) is 0.829. The van der Waals surface area contributed by atoms with Crippen LogP contribution in [0, 0.1) is 0 Å². The lowest BCUT2D eigenvalue weighted by molar-refractivity contribution is 0.0698. The van der Waals surface area contributed by atoms with Crippen LogP contribution in [0.3, 0.4) is 0 Å². The third-order valence-electron chi connectivity index (χ3n) is 3.06. The first-order valence-corrected chi connectivity index (χ1v) is 5.90. The van der Waals surface area contributed by atoms with Gasteiger partial charge in [-0.25, -0.2) is 9.78 Å². The van der Waals surface area contributed by atoms with Crippen LogP contribution in [-0.2, 0) is 4.74 Å². The van der Waals surface area contributed by atoms with Crippen molar-refractivity contribution in [2.75, 3.05) is 30.8 Å². The Bertz CT molecular complexity index is 444. The van der Waals surface area contributed by atoms with E-state index >= 15 is 0 Å². The van der Waals surface area contributed by atoms with Crippen molar-refractivity contribution in [3.8, 4) is 0 Å². The predicted octanol–water partition coefficient (Wildman–Crippen LogP) is 0.977. The maximum Gasteiger partial charge on any atom is 0.337 e. The Hall–Kier alpha value is -1.82. The van der Waals surface area contributed by atoms with Crippen LogP contribution >= 0.6 is 0 Å². The summed E-state index contributed by atoms with van der Waals surface area (Å²) in [5.41, 5.74) is 6.12. The van der Waals surface area contributed by atoms with Crippen molar-refractivity contribution >= 4 is 17.5 Å². The first-order valence-electron chi connectivity index (χ1n) is 5.90. The summed E-state index contributed by atoms with van der Waals surface area (Å²) in [7, 11) is 1.84. The monoisotopic (exact) mass is 251 g/mol. The third kappa shape index (κ3) is 2.53. The van der Waals surface area contributed by atoms with Crippen molar-refractivity contribution in [3.05, 3.63) is 17.8 Å². The van der Waals surface area contributed by atoms with Gasteiger partial charge >= 0.3 is 5.97 Å². The van der Waals surface area contributed by atoms with Crippen LogP contribution in [0.5, 0.6) is 0 Å². The molecule has 0 saturated carbocycles. The average Bonchev–Trinajstić information content (AvgIpc) is 2.81. The number of likely N-dealkylation sites (N-methyl/N-ethyl adjacent to an activating group) is 1. The highest BCUT2D eigenvalue weighted by Crippen LogP contribution is 2.24. The van der Waals surface area contributed by atoms with Crippen LogP contribution in [0.4, 0.5) is 11.5 Å². The summed E-state index contributed by atoms with van der Waals surface area (Å²) in [6.07, 6.45) is 3.71. The van der Waals surface area contributed by atoms with Gasteiger partial charge in [0.15, 0.2) is 5.82 Å². The molecule has 1 saturated heterocycles. The Morgan fingerprint density at radius 1 is 1.72 bits per heavy atom. The molecule has 1 aromatic rings. The van der Waals surface area contributed by atoms with E-state index in [9.17, 15) is 4.79 Å². The van der Waals surface area contributed by atoms with Crippen molar-refractivity contribution in [2.24, 2.45) is 0 Å². The fourth-order valence-electron chi connectivity index (χ4n) is 2.13. The van der Waals surface area contributed by atoms with E-state index in [1.807, 2.05) is 11.9 Å². The van der Waals surface area contributed by atoms with E-state index in [2.05, 4.69) is 4.98 Å². The molecule has 0 radical (unpaired) electrons. The van der Waals surface area contributed by atoms with Gasteiger partial charge in [0.25, 0.3) is 0 Å². The number of rotatable bonds is 4. The van der Waals surface area contributed by atoms with Crippen molar-refractivity contribution in [1.82, 2.24) is 4.98 Å². The Morgan fingerprint density at radius 2 is 2.50 bits per heavy atom. The lowest BCUT2D eigenvalue weighted by Gasteiger charge is -2.23. The number of aromatic carboxylic acids is 1. The Kier molecular flexibility index (Phi) is 3.66. The van der Waals surface area contributed by atoms with Crippen LogP contribution in [0.2, 0.25) is 0 Å². The fraction of sp³-hybridized carbons (Fsp3) is 0.500. The lowest BCUT2D eigenvalue weighted by atomic mass is 10.2. The Labute approximate surface area is 105 Å². The summed E-state index contributed by atoms with van der Waals surface area (Å²) in [6.45, 7) is 1.46. The smallest absolute Gasteiger partial charge is 0.337 e. The van der Waals surface area contributed by atoms with E-state index in [4.69, 9.17) is 15.6 Å². The summed E-state index contributed by atoms with van der Waals surface area (Å²) in [5.74, 6) is -0.549. The molecule has 1 fully saturated rings. The molecule has 0 aliphatic carbocycles. The van der Waals surface area contributed by atoms with Gasteiger partial charge in [-0.3, -0.25) is 0 Å². The van der Waals surface area contributed by atoms with Crippen LogP contribution in [0.25, 0.3) is 0 Å². The van der Waals surface area contributed by atoms with E-state index in [0.717, 1.165) is 19.4 Å². The van der Waals surface area contributed by atoms with E-state index in [0.29, 0.717) is 12.4 Å². The number of aromatic nitrogens is 1. The van der Waals surface area contributed by atoms with Gasteiger partial charge in [-0.05, 0) is 18.9 Å². The predicted molar refractivity (Wildman–Crippen MR) is 67.9 cm³/mol. The molecule has 3 N–H and O–H groups in total. The SMILES string of the molecule is CN(CC1CCCO1)c1nccc(C(=O)O)c1N. The molecule has 0 spiro atoms. The second kappa shape index (κ2) is 5.22. The van der Waals surface area contributed by atoms with Crippen molar-refractivity contribution in [2.45, 2.75) is 18.9 Å². The number of carboxylic acid groups (broad SMARTS) is 1. The average molecular weight is 251 g/mol. The van der Waals surface area contributed by atoms with Gasteiger partial charge in [0.05, 0.1) is 17.4 Å². The maximum absolute atomic E-state index is 11.0. The van der Waals surface area contributed by atoms with Gasteiger partial charge in [-0.1, -0.05) is 0 Å².